The molecule has 0 aliphatic carbocycles. The Morgan fingerprint density at radius 2 is 1.87 bits per heavy atom. The van der Waals surface area contributed by atoms with Gasteiger partial charge in [-0.2, -0.15) is 0 Å². The van der Waals surface area contributed by atoms with Gasteiger partial charge in [-0.1, -0.05) is 6.07 Å². The number of hydrogen-bond acceptors (Lipinski definition) is 3. The predicted octanol–water partition coefficient (Wildman–Crippen LogP) is 0.932. The molecule has 0 spiro atoms. The van der Waals surface area contributed by atoms with Gasteiger partial charge in [0.05, 0.1) is 4.90 Å². The number of pyridine rings is 1. The SMILES string of the molecule is CS(=O)(=O)c1cccc2c(=O)[nH]ccc12. The average molecular weight is 223 g/mol. The summed E-state index contributed by atoms with van der Waals surface area (Å²) in [6, 6.07) is 6.25. The summed E-state index contributed by atoms with van der Waals surface area (Å²) in [7, 11) is -3.30. The second-order valence-corrected chi connectivity index (χ2v) is 5.28. The maximum Gasteiger partial charge on any atom is 0.255 e. The van der Waals surface area contributed by atoms with Crippen LogP contribution < -0.4 is 5.56 Å². The van der Waals surface area contributed by atoms with Gasteiger partial charge in [0, 0.05) is 23.2 Å². The van der Waals surface area contributed by atoms with Gasteiger partial charge in [0.1, 0.15) is 0 Å². The van der Waals surface area contributed by atoms with E-state index in [0.717, 1.165) is 6.26 Å². The molecule has 2 rings (SSSR count). The van der Waals surface area contributed by atoms with Crippen LogP contribution in [0.5, 0.6) is 0 Å². The quantitative estimate of drug-likeness (QED) is 0.782. The van der Waals surface area contributed by atoms with E-state index < -0.39 is 9.84 Å². The first-order chi connectivity index (χ1) is 7.00. The zero-order valence-corrected chi connectivity index (χ0v) is 8.84. The second kappa shape index (κ2) is 3.20. The molecule has 0 aliphatic heterocycles. The number of H-pyrrole nitrogens is 1. The summed E-state index contributed by atoms with van der Waals surface area (Å²) in [5.41, 5.74) is -0.280. The number of rotatable bonds is 1. The lowest BCUT2D eigenvalue weighted by molar-refractivity contribution is 0.602. The summed E-state index contributed by atoms with van der Waals surface area (Å²) in [5.74, 6) is 0. The number of hydrogen-bond donors (Lipinski definition) is 1. The zero-order chi connectivity index (χ0) is 11.1. The maximum absolute atomic E-state index is 11.4. The lowest BCUT2D eigenvalue weighted by Crippen LogP contribution is -2.07. The molecule has 0 fully saturated rings. The highest BCUT2D eigenvalue weighted by molar-refractivity contribution is 7.91. The summed E-state index contributed by atoms with van der Waals surface area (Å²) in [5, 5.41) is 0.851. The molecule has 15 heavy (non-hydrogen) atoms. The summed E-state index contributed by atoms with van der Waals surface area (Å²) in [6.45, 7) is 0. The van der Waals surface area contributed by atoms with Crippen molar-refractivity contribution < 1.29 is 8.42 Å². The number of benzene rings is 1. The molecule has 0 aliphatic rings. The number of aromatic nitrogens is 1. The topological polar surface area (TPSA) is 67.0 Å². The zero-order valence-electron chi connectivity index (χ0n) is 8.02. The molecule has 2 aromatic rings. The molecular weight excluding hydrogens is 214 g/mol. The van der Waals surface area contributed by atoms with E-state index in [9.17, 15) is 13.2 Å². The van der Waals surface area contributed by atoms with Crippen LogP contribution in [0.2, 0.25) is 0 Å². The van der Waals surface area contributed by atoms with Gasteiger partial charge in [-0.15, -0.1) is 0 Å². The van der Waals surface area contributed by atoms with Crippen LogP contribution in [0.1, 0.15) is 0 Å². The third-order valence-electron chi connectivity index (χ3n) is 2.17. The number of aromatic amines is 1. The van der Waals surface area contributed by atoms with Crippen LogP contribution in [0.4, 0.5) is 0 Å². The fourth-order valence-corrected chi connectivity index (χ4v) is 2.42. The normalized spacial score (nSPS) is 11.8. The Balaban J connectivity index is 3.02. The molecular formula is C10H9NO3S. The van der Waals surface area contributed by atoms with Gasteiger partial charge in [-0.25, -0.2) is 8.42 Å². The summed E-state index contributed by atoms with van der Waals surface area (Å²) >= 11 is 0. The molecule has 1 aromatic heterocycles. The van der Waals surface area contributed by atoms with Gasteiger partial charge in [0.2, 0.25) is 0 Å². The molecule has 0 unspecified atom stereocenters. The van der Waals surface area contributed by atoms with Crippen LogP contribution in [0.25, 0.3) is 10.8 Å². The Hall–Kier alpha value is -1.62. The van der Waals surface area contributed by atoms with Gasteiger partial charge in [-0.05, 0) is 18.2 Å². The third-order valence-corrected chi connectivity index (χ3v) is 3.33. The molecule has 0 atom stereocenters. The van der Waals surface area contributed by atoms with E-state index in [1.807, 2.05) is 0 Å². The lowest BCUT2D eigenvalue weighted by atomic mass is 10.2. The van der Waals surface area contributed by atoms with Crippen molar-refractivity contribution in [2.45, 2.75) is 4.90 Å². The van der Waals surface area contributed by atoms with E-state index in [0.29, 0.717) is 10.8 Å². The van der Waals surface area contributed by atoms with Crippen molar-refractivity contribution in [2.75, 3.05) is 6.26 Å². The molecule has 1 N–H and O–H groups in total. The number of nitrogens with one attached hydrogen (secondary N) is 1. The molecule has 0 bridgehead atoms. The fraction of sp³-hybridized carbons (Fsp3) is 0.100. The molecule has 1 aromatic carbocycles. The van der Waals surface area contributed by atoms with Crippen LogP contribution in [0.15, 0.2) is 40.2 Å². The van der Waals surface area contributed by atoms with Crippen molar-refractivity contribution in [1.29, 1.82) is 0 Å². The standard InChI is InChI=1S/C10H9NO3S/c1-15(13,14)9-4-2-3-8-7(9)5-6-11-10(8)12/h2-6H,1H3,(H,11,12). The van der Waals surface area contributed by atoms with Crippen molar-refractivity contribution in [2.24, 2.45) is 0 Å². The Morgan fingerprint density at radius 1 is 1.13 bits per heavy atom. The Labute approximate surface area is 86.5 Å². The first kappa shape index (κ1) is 9.92. The minimum atomic E-state index is -3.30. The Kier molecular flexibility index (Phi) is 2.12. The highest BCUT2D eigenvalue weighted by Crippen LogP contribution is 2.19. The van der Waals surface area contributed by atoms with Crippen LogP contribution in [0.3, 0.4) is 0 Å². The molecule has 1 heterocycles. The van der Waals surface area contributed by atoms with Gasteiger partial charge in [0.25, 0.3) is 5.56 Å². The summed E-state index contributed by atoms with van der Waals surface area (Å²) < 4.78 is 22.9. The molecule has 0 saturated heterocycles. The predicted molar refractivity (Wildman–Crippen MR) is 57.7 cm³/mol. The number of sulfone groups is 1. The maximum atomic E-state index is 11.4. The van der Waals surface area contributed by atoms with Gasteiger partial charge < -0.3 is 4.98 Å². The smallest absolute Gasteiger partial charge is 0.255 e. The highest BCUT2D eigenvalue weighted by Gasteiger charge is 2.11. The first-order valence-corrected chi connectivity index (χ1v) is 6.20. The van der Waals surface area contributed by atoms with Crippen molar-refractivity contribution >= 4 is 20.6 Å². The Bertz CT molecular complexity index is 670. The minimum absolute atomic E-state index is 0.186. The van der Waals surface area contributed by atoms with Gasteiger partial charge >= 0.3 is 0 Å². The summed E-state index contributed by atoms with van der Waals surface area (Å²) in [6.07, 6.45) is 2.57. The van der Waals surface area contributed by atoms with Crippen LogP contribution in [-0.2, 0) is 9.84 Å². The fourth-order valence-electron chi connectivity index (χ4n) is 1.52. The molecule has 5 heteroatoms. The molecule has 0 saturated carbocycles. The van der Waals surface area contributed by atoms with Gasteiger partial charge in [0.15, 0.2) is 9.84 Å². The first-order valence-electron chi connectivity index (χ1n) is 4.30. The van der Waals surface area contributed by atoms with Gasteiger partial charge in [-0.3, -0.25) is 4.79 Å². The minimum Gasteiger partial charge on any atom is -0.329 e. The largest absolute Gasteiger partial charge is 0.329 e. The van der Waals surface area contributed by atoms with Crippen molar-refractivity contribution in [1.82, 2.24) is 4.98 Å². The Morgan fingerprint density at radius 3 is 2.53 bits per heavy atom. The van der Waals surface area contributed by atoms with Crippen molar-refractivity contribution in [3.63, 3.8) is 0 Å². The van der Waals surface area contributed by atoms with E-state index in [2.05, 4.69) is 4.98 Å². The molecule has 4 nitrogen and oxygen atoms in total. The third kappa shape index (κ3) is 1.66. The van der Waals surface area contributed by atoms with E-state index in [-0.39, 0.29) is 10.5 Å². The van der Waals surface area contributed by atoms with Crippen LogP contribution in [-0.4, -0.2) is 19.7 Å². The van der Waals surface area contributed by atoms with Crippen molar-refractivity contribution in [3.05, 3.63) is 40.8 Å². The highest BCUT2D eigenvalue weighted by atomic mass is 32.2. The van der Waals surface area contributed by atoms with E-state index in [4.69, 9.17) is 0 Å². The summed E-state index contributed by atoms with van der Waals surface area (Å²) in [4.78, 5) is 14.1. The monoisotopic (exact) mass is 223 g/mol. The molecule has 78 valence electrons. The van der Waals surface area contributed by atoms with Crippen LogP contribution in [0, 0.1) is 0 Å². The number of fused-ring (bicyclic) bond motifs is 1. The second-order valence-electron chi connectivity index (χ2n) is 3.30. The van der Waals surface area contributed by atoms with E-state index >= 15 is 0 Å². The van der Waals surface area contributed by atoms with Crippen LogP contribution >= 0.6 is 0 Å². The molecule has 0 radical (unpaired) electrons. The lowest BCUT2D eigenvalue weighted by Gasteiger charge is -2.02. The van der Waals surface area contributed by atoms with E-state index in [1.165, 1.54) is 12.3 Å². The van der Waals surface area contributed by atoms with E-state index in [1.54, 1.807) is 18.2 Å². The van der Waals surface area contributed by atoms with Crippen molar-refractivity contribution in [3.8, 4) is 0 Å². The molecule has 0 amide bonds. The average Bonchev–Trinajstić information content (AvgIpc) is 2.16.